The zero-order valence-corrected chi connectivity index (χ0v) is 11.3. The highest BCUT2D eigenvalue weighted by molar-refractivity contribution is 5.94. The van der Waals surface area contributed by atoms with Gasteiger partial charge in [-0.1, -0.05) is 18.2 Å². The van der Waals surface area contributed by atoms with Gasteiger partial charge in [-0.3, -0.25) is 4.90 Å². The van der Waals surface area contributed by atoms with E-state index in [0.717, 1.165) is 18.7 Å². The van der Waals surface area contributed by atoms with E-state index in [1.807, 2.05) is 37.2 Å². The number of anilines is 1. The van der Waals surface area contributed by atoms with Crippen molar-refractivity contribution in [2.24, 2.45) is 0 Å². The molecule has 4 nitrogen and oxygen atoms in total. The molecule has 0 aliphatic carbocycles. The van der Waals surface area contributed by atoms with Crippen LogP contribution in [0.1, 0.15) is 18.9 Å². The van der Waals surface area contributed by atoms with Gasteiger partial charge < -0.3 is 10.2 Å². The van der Waals surface area contributed by atoms with Gasteiger partial charge in [0.1, 0.15) is 0 Å². The van der Waals surface area contributed by atoms with E-state index in [1.54, 1.807) is 4.90 Å². The molecule has 1 atom stereocenters. The fourth-order valence-electron chi connectivity index (χ4n) is 2.22. The van der Waals surface area contributed by atoms with Gasteiger partial charge >= 0.3 is 6.03 Å². The van der Waals surface area contributed by atoms with Gasteiger partial charge in [0.15, 0.2) is 0 Å². The lowest BCUT2D eigenvalue weighted by Gasteiger charge is -2.35. The van der Waals surface area contributed by atoms with Crippen LogP contribution in [0.5, 0.6) is 0 Å². The molecule has 1 unspecified atom stereocenters. The average molecular weight is 247 g/mol. The van der Waals surface area contributed by atoms with E-state index in [-0.39, 0.29) is 6.03 Å². The summed E-state index contributed by atoms with van der Waals surface area (Å²) in [4.78, 5) is 15.9. The Bertz CT molecular complexity index is 433. The summed E-state index contributed by atoms with van der Waals surface area (Å²) in [7, 11) is 3.80. The quantitative estimate of drug-likeness (QED) is 0.884. The molecule has 1 aromatic rings. The Morgan fingerprint density at radius 3 is 2.83 bits per heavy atom. The summed E-state index contributed by atoms with van der Waals surface area (Å²) in [5.41, 5.74) is 2.28. The van der Waals surface area contributed by atoms with Crippen molar-refractivity contribution < 1.29 is 4.79 Å². The van der Waals surface area contributed by atoms with Crippen molar-refractivity contribution in [3.8, 4) is 0 Å². The van der Waals surface area contributed by atoms with Gasteiger partial charge in [0.2, 0.25) is 0 Å². The molecule has 4 heteroatoms. The Morgan fingerprint density at radius 1 is 1.39 bits per heavy atom. The third-order valence-electron chi connectivity index (χ3n) is 3.53. The maximum atomic E-state index is 12.2. The molecule has 0 fully saturated rings. The molecule has 0 radical (unpaired) electrons. The topological polar surface area (TPSA) is 35.6 Å². The molecular formula is C14H21N3O. The second-order valence-electron chi connectivity index (χ2n) is 4.90. The van der Waals surface area contributed by atoms with Crippen molar-refractivity contribution in [2.75, 3.05) is 25.5 Å². The molecule has 0 saturated carbocycles. The summed E-state index contributed by atoms with van der Waals surface area (Å²) >= 11 is 0. The third-order valence-corrected chi connectivity index (χ3v) is 3.53. The minimum absolute atomic E-state index is 0.0944. The first kappa shape index (κ1) is 12.9. The van der Waals surface area contributed by atoms with Gasteiger partial charge in [0.05, 0.1) is 5.69 Å². The lowest BCUT2D eigenvalue weighted by molar-refractivity contribution is 0.210. The zero-order chi connectivity index (χ0) is 13.1. The largest absolute Gasteiger partial charge is 0.324 e. The van der Waals surface area contributed by atoms with E-state index in [9.17, 15) is 4.79 Å². The van der Waals surface area contributed by atoms with E-state index >= 15 is 0 Å². The van der Waals surface area contributed by atoms with Crippen LogP contribution in [0.4, 0.5) is 10.5 Å². The van der Waals surface area contributed by atoms with Crippen LogP contribution in [0.15, 0.2) is 24.3 Å². The van der Waals surface area contributed by atoms with Crippen LogP contribution in [0, 0.1) is 0 Å². The highest BCUT2D eigenvalue weighted by atomic mass is 16.2. The number of hydrogen-bond acceptors (Lipinski definition) is 2. The Morgan fingerprint density at radius 2 is 2.11 bits per heavy atom. The Hall–Kier alpha value is -1.55. The predicted molar refractivity (Wildman–Crippen MR) is 73.8 cm³/mol. The number of carbonyl (C=O) groups excluding carboxylic acids is 1. The molecule has 98 valence electrons. The minimum Gasteiger partial charge on any atom is -0.323 e. The van der Waals surface area contributed by atoms with Crippen LogP contribution in [0.2, 0.25) is 0 Å². The van der Waals surface area contributed by atoms with Crippen molar-refractivity contribution in [1.82, 2.24) is 10.2 Å². The molecule has 1 aliphatic rings. The summed E-state index contributed by atoms with van der Waals surface area (Å²) in [6, 6.07) is 8.65. The fraction of sp³-hybridized carbons (Fsp3) is 0.500. The molecule has 1 aromatic carbocycles. The first-order valence-electron chi connectivity index (χ1n) is 6.41. The van der Waals surface area contributed by atoms with Crippen LogP contribution in [0.3, 0.4) is 0 Å². The number of nitrogens with zero attached hydrogens (tertiary/aromatic N) is 2. The molecular weight excluding hydrogens is 226 g/mol. The molecule has 0 saturated heterocycles. The van der Waals surface area contributed by atoms with Crippen LogP contribution in [-0.2, 0) is 6.54 Å². The molecule has 1 N–H and O–H groups in total. The van der Waals surface area contributed by atoms with Crippen LogP contribution >= 0.6 is 0 Å². The zero-order valence-electron chi connectivity index (χ0n) is 11.3. The number of fused-ring (bicyclic) bond motifs is 1. The first-order chi connectivity index (χ1) is 8.63. The van der Waals surface area contributed by atoms with Crippen molar-refractivity contribution in [2.45, 2.75) is 25.9 Å². The molecule has 2 rings (SSSR count). The van der Waals surface area contributed by atoms with Gasteiger partial charge in [-0.05, 0) is 32.0 Å². The maximum Gasteiger partial charge on any atom is 0.324 e. The Balaban J connectivity index is 2.19. The number of urea groups is 1. The number of hydrogen-bond donors (Lipinski definition) is 1. The SMILES string of the molecule is CNC(C)CCN1C(=O)N(C)Cc2ccccc21. The second kappa shape index (κ2) is 5.40. The van der Waals surface area contributed by atoms with E-state index in [2.05, 4.69) is 18.3 Å². The monoisotopic (exact) mass is 247 g/mol. The van der Waals surface area contributed by atoms with E-state index in [4.69, 9.17) is 0 Å². The lowest BCUT2D eigenvalue weighted by Crippen LogP contribution is -2.46. The van der Waals surface area contributed by atoms with Crippen molar-refractivity contribution in [1.29, 1.82) is 0 Å². The van der Waals surface area contributed by atoms with Crippen LogP contribution in [0.25, 0.3) is 0 Å². The van der Waals surface area contributed by atoms with Gasteiger partial charge in [-0.2, -0.15) is 0 Å². The number of para-hydroxylation sites is 1. The van der Waals surface area contributed by atoms with Gasteiger partial charge in [0, 0.05) is 26.2 Å². The molecule has 18 heavy (non-hydrogen) atoms. The van der Waals surface area contributed by atoms with E-state index in [1.165, 1.54) is 5.56 Å². The molecule has 1 heterocycles. The molecule has 1 aliphatic heterocycles. The van der Waals surface area contributed by atoms with E-state index < -0.39 is 0 Å². The van der Waals surface area contributed by atoms with Crippen molar-refractivity contribution in [3.63, 3.8) is 0 Å². The molecule has 2 amide bonds. The highest BCUT2D eigenvalue weighted by Gasteiger charge is 2.27. The minimum atomic E-state index is 0.0944. The van der Waals surface area contributed by atoms with Crippen LogP contribution < -0.4 is 10.2 Å². The Kier molecular flexibility index (Phi) is 3.87. The lowest BCUT2D eigenvalue weighted by atomic mass is 10.1. The smallest absolute Gasteiger partial charge is 0.323 e. The van der Waals surface area contributed by atoms with Gasteiger partial charge in [-0.25, -0.2) is 4.79 Å². The third kappa shape index (κ3) is 2.48. The number of nitrogens with one attached hydrogen (secondary N) is 1. The van der Waals surface area contributed by atoms with Gasteiger partial charge in [-0.15, -0.1) is 0 Å². The molecule has 0 spiro atoms. The number of amides is 2. The fourth-order valence-corrected chi connectivity index (χ4v) is 2.22. The highest BCUT2D eigenvalue weighted by Crippen LogP contribution is 2.27. The number of rotatable bonds is 4. The second-order valence-corrected chi connectivity index (χ2v) is 4.90. The maximum absolute atomic E-state index is 12.2. The number of carbonyl (C=O) groups is 1. The van der Waals surface area contributed by atoms with Gasteiger partial charge in [0.25, 0.3) is 0 Å². The summed E-state index contributed by atoms with van der Waals surface area (Å²) in [5.74, 6) is 0. The van der Waals surface area contributed by atoms with Crippen molar-refractivity contribution >= 4 is 11.7 Å². The average Bonchev–Trinajstić information content (AvgIpc) is 2.39. The Labute approximate surface area is 109 Å². The first-order valence-corrected chi connectivity index (χ1v) is 6.41. The normalized spacial score (nSPS) is 16.7. The summed E-state index contributed by atoms with van der Waals surface area (Å²) < 4.78 is 0. The van der Waals surface area contributed by atoms with Crippen LogP contribution in [-0.4, -0.2) is 37.6 Å². The predicted octanol–water partition coefficient (Wildman–Crippen LogP) is 2.06. The summed E-state index contributed by atoms with van der Waals surface area (Å²) in [6.07, 6.45) is 0.949. The standard InChI is InChI=1S/C14H21N3O/c1-11(15-2)8-9-17-13-7-5-4-6-12(13)10-16(3)14(17)18/h4-7,11,15H,8-10H2,1-3H3. The van der Waals surface area contributed by atoms with Crippen molar-refractivity contribution in [3.05, 3.63) is 29.8 Å². The number of benzene rings is 1. The van der Waals surface area contributed by atoms with E-state index in [0.29, 0.717) is 12.6 Å². The molecule has 0 bridgehead atoms. The summed E-state index contributed by atoms with van der Waals surface area (Å²) in [5, 5.41) is 3.20. The summed E-state index contributed by atoms with van der Waals surface area (Å²) in [6.45, 7) is 3.58. The molecule has 0 aromatic heterocycles.